The number of nitrogens with zero attached hydrogens (tertiary/aromatic N) is 1. The van der Waals surface area contributed by atoms with Crippen LogP contribution in [0.1, 0.15) is 32.1 Å². The monoisotopic (exact) mass is 164 g/mol. The fraction of sp³-hybridized carbons (Fsp3) is 0.700. The van der Waals surface area contributed by atoms with Crippen molar-refractivity contribution in [2.45, 2.75) is 32.1 Å². The lowest BCUT2D eigenvalue weighted by Gasteiger charge is -2.02. The van der Waals surface area contributed by atoms with Gasteiger partial charge in [-0.2, -0.15) is 5.26 Å². The molecule has 0 saturated carbocycles. The smallest absolute Gasteiger partial charge is 0.0635 e. The van der Waals surface area contributed by atoms with Gasteiger partial charge in [0.1, 0.15) is 0 Å². The van der Waals surface area contributed by atoms with Crippen LogP contribution in [0, 0.1) is 11.3 Å². The Balaban J connectivity index is 1.92. The second kappa shape index (κ2) is 5.79. The Morgan fingerprint density at radius 3 is 3.08 bits per heavy atom. The first-order chi connectivity index (χ1) is 5.93. The molecule has 0 aromatic carbocycles. The first-order valence-corrected chi connectivity index (χ1v) is 4.69. The van der Waals surface area contributed by atoms with Gasteiger partial charge in [-0.25, -0.2) is 0 Å². The third-order valence-electron chi connectivity index (χ3n) is 2.17. The molecule has 0 aromatic heterocycles. The predicted octanol–water partition coefficient (Wildman–Crippen LogP) is 1.99. The van der Waals surface area contributed by atoms with Crippen molar-refractivity contribution >= 4 is 0 Å². The van der Waals surface area contributed by atoms with Crippen molar-refractivity contribution in [1.82, 2.24) is 5.32 Å². The second-order valence-electron chi connectivity index (χ2n) is 3.16. The minimum Gasteiger partial charge on any atom is -0.315 e. The van der Waals surface area contributed by atoms with E-state index in [1.54, 1.807) is 5.57 Å². The zero-order valence-electron chi connectivity index (χ0n) is 7.47. The molecule has 0 aromatic rings. The van der Waals surface area contributed by atoms with Crippen molar-refractivity contribution in [3.8, 4) is 6.07 Å². The molecular formula is C10H16N2. The van der Waals surface area contributed by atoms with Crippen LogP contribution in [0.5, 0.6) is 0 Å². The minimum absolute atomic E-state index is 0.624. The van der Waals surface area contributed by atoms with Gasteiger partial charge in [0, 0.05) is 13.0 Å². The molecule has 1 rings (SSSR count). The standard InChI is InChI=1S/C10H16N2/c11-7-3-8-12-9-6-10-4-1-2-5-10/h4,12H,1-3,5-6,8-9H2. The molecule has 0 unspecified atom stereocenters. The predicted molar refractivity (Wildman–Crippen MR) is 49.7 cm³/mol. The van der Waals surface area contributed by atoms with Gasteiger partial charge in [-0.3, -0.25) is 0 Å². The molecule has 1 aliphatic carbocycles. The Bertz CT molecular complexity index is 189. The Kier molecular flexibility index (Phi) is 4.48. The first kappa shape index (κ1) is 9.28. The maximum atomic E-state index is 8.28. The van der Waals surface area contributed by atoms with Crippen LogP contribution in [0.4, 0.5) is 0 Å². The fourth-order valence-corrected chi connectivity index (χ4v) is 1.48. The molecule has 0 atom stereocenters. The first-order valence-electron chi connectivity index (χ1n) is 4.69. The third-order valence-corrected chi connectivity index (χ3v) is 2.17. The number of hydrogen-bond acceptors (Lipinski definition) is 2. The van der Waals surface area contributed by atoms with Gasteiger partial charge in [-0.15, -0.1) is 0 Å². The van der Waals surface area contributed by atoms with Gasteiger partial charge in [0.15, 0.2) is 0 Å². The molecule has 0 saturated heterocycles. The molecule has 1 aliphatic rings. The Morgan fingerprint density at radius 2 is 2.42 bits per heavy atom. The maximum Gasteiger partial charge on any atom is 0.0635 e. The Hall–Kier alpha value is -0.810. The van der Waals surface area contributed by atoms with Crippen molar-refractivity contribution in [1.29, 1.82) is 5.26 Å². The van der Waals surface area contributed by atoms with E-state index in [1.807, 2.05) is 0 Å². The van der Waals surface area contributed by atoms with Crippen LogP contribution in [0.2, 0.25) is 0 Å². The summed E-state index contributed by atoms with van der Waals surface area (Å²) in [4.78, 5) is 0. The normalized spacial score (nSPS) is 15.8. The zero-order chi connectivity index (χ0) is 8.65. The van der Waals surface area contributed by atoms with E-state index >= 15 is 0 Å². The summed E-state index contributed by atoms with van der Waals surface area (Å²) in [7, 11) is 0. The lowest BCUT2D eigenvalue weighted by atomic mass is 10.2. The lowest BCUT2D eigenvalue weighted by Crippen LogP contribution is -2.16. The molecule has 12 heavy (non-hydrogen) atoms. The summed E-state index contributed by atoms with van der Waals surface area (Å²) < 4.78 is 0. The highest BCUT2D eigenvalue weighted by Crippen LogP contribution is 2.19. The van der Waals surface area contributed by atoms with Crippen molar-refractivity contribution in [2.75, 3.05) is 13.1 Å². The summed E-state index contributed by atoms with van der Waals surface area (Å²) >= 11 is 0. The highest BCUT2D eigenvalue weighted by Gasteiger charge is 2.02. The SMILES string of the molecule is N#CCCNCCC1=CCCC1. The summed E-state index contributed by atoms with van der Waals surface area (Å²) in [5.41, 5.74) is 1.60. The van der Waals surface area contributed by atoms with Crippen molar-refractivity contribution in [3.05, 3.63) is 11.6 Å². The van der Waals surface area contributed by atoms with Gasteiger partial charge in [0.25, 0.3) is 0 Å². The van der Waals surface area contributed by atoms with Crippen LogP contribution < -0.4 is 5.32 Å². The van der Waals surface area contributed by atoms with Gasteiger partial charge >= 0.3 is 0 Å². The third kappa shape index (κ3) is 3.54. The van der Waals surface area contributed by atoms with Gasteiger partial charge in [-0.05, 0) is 32.2 Å². The van der Waals surface area contributed by atoms with E-state index in [0.717, 1.165) is 13.1 Å². The Labute approximate surface area is 74.3 Å². The number of allylic oxidation sites excluding steroid dienone is 1. The second-order valence-corrected chi connectivity index (χ2v) is 3.16. The van der Waals surface area contributed by atoms with Gasteiger partial charge in [-0.1, -0.05) is 11.6 Å². The molecular weight excluding hydrogens is 148 g/mol. The molecule has 0 aliphatic heterocycles. The van der Waals surface area contributed by atoms with Gasteiger partial charge in [0.05, 0.1) is 6.07 Å². The molecule has 0 heterocycles. The molecule has 2 heteroatoms. The van der Waals surface area contributed by atoms with Crippen molar-refractivity contribution in [3.63, 3.8) is 0 Å². The van der Waals surface area contributed by atoms with E-state index in [-0.39, 0.29) is 0 Å². The molecule has 0 fully saturated rings. The minimum atomic E-state index is 0.624. The average Bonchev–Trinajstić information content (AvgIpc) is 2.57. The van der Waals surface area contributed by atoms with Crippen LogP contribution in [0.25, 0.3) is 0 Å². The van der Waals surface area contributed by atoms with Crippen LogP contribution in [0.15, 0.2) is 11.6 Å². The van der Waals surface area contributed by atoms with Crippen LogP contribution in [-0.2, 0) is 0 Å². The number of nitriles is 1. The zero-order valence-corrected chi connectivity index (χ0v) is 7.47. The highest BCUT2D eigenvalue weighted by atomic mass is 14.8. The summed E-state index contributed by atoms with van der Waals surface area (Å²) in [5.74, 6) is 0. The number of nitrogens with one attached hydrogen (secondary N) is 1. The summed E-state index contributed by atoms with van der Waals surface area (Å²) in [6, 6.07) is 2.12. The number of rotatable bonds is 5. The van der Waals surface area contributed by atoms with E-state index in [1.165, 1.54) is 25.7 Å². The number of hydrogen-bond donors (Lipinski definition) is 1. The highest BCUT2D eigenvalue weighted by molar-refractivity contribution is 5.07. The molecule has 0 radical (unpaired) electrons. The van der Waals surface area contributed by atoms with E-state index in [4.69, 9.17) is 5.26 Å². The molecule has 1 N–H and O–H groups in total. The Morgan fingerprint density at radius 1 is 1.50 bits per heavy atom. The van der Waals surface area contributed by atoms with Crippen LogP contribution in [0.3, 0.4) is 0 Å². The summed E-state index contributed by atoms with van der Waals surface area (Å²) in [6.45, 7) is 1.87. The molecule has 0 bridgehead atoms. The fourth-order valence-electron chi connectivity index (χ4n) is 1.48. The van der Waals surface area contributed by atoms with Crippen LogP contribution >= 0.6 is 0 Å². The molecule has 0 amide bonds. The van der Waals surface area contributed by atoms with Gasteiger partial charge < -0.3 is 5.32 Å². The largest absolute Gasteiger partial charge is 0.315 e. The van der Waals surface area contributed by atoms with E-state index < -0.39 is 0 Å². The van der Waals surface area contributed by atoms with Crippen LogP contribution in [-0.4, -0.2) is 13.1 Å². The average molecular weight is 164 g/mol. The van der Waals surface area contributed by atoms with Crippen molar-refractivity contribution in [2.24, 2.45) is 0 Å². The summed E-state index contributed by atoms with van der Waals surface area (Å²) in [5, 5.41) is 11.5. The van der Waals surface area contributed by atoms with Crippen molar-refractivity contribution < 1.29 is 0 Å². The lowest BCUT2D eigenvalue weighted by molar-refractivity contribution is 0.681. The quantitative estimate of drug-likeness (QED) is 0.498. The topological polar surface area (TPSA) is 35.8 Å². The summed E-state index contributed by atoms with van der Waals surface area (Å²) in [6.07, 6.45) is 8.05. The van der Waals surface area contributed by atoms with E-state index in [9.17, 15) is 0 Å². The molecule has 66 valence electrons. The maximum absolute atomic E-state index is 8.28. The van der Waals surface area contributed by atoms with E-state index in [0.29, 0.717) is 6.42 Å². The molecule has 2 nitrogen and oxygen atoms in total. The van der Waals surface area contributed by atoms with Gasteiger partial charge in [0.2, 0.25) is 0 Å². The van der Waals surface area contributed by atoms with E-state index in [2.05, 4.69) is 17.5 Å². The molecule has 0 spiro atoms.